The Balaban J connectivity index is 1.20. The van der Waals surface area contributed by atoms with Crippen molar-refractivity contribution in [2.45, 2.75) is 76.2 Å². The Morgan fingerprint density at radius 3 is 2.39 bits per heavy atom. The predicted molar refractivity (Wildman–Crippen MR) is 135 cm³/mol. The number of nitrogens with one attached hydrogen (secondary N) is 2. The van der Waals surface area contributed by atoms with Gasteiger partial charge in [0.1, 0.15) is 11.2 Å². The molecule has 0 unspecified atom stereocenters. The summed E-state index contributed by atoms with van der Waals surface area (Å²) >= 11 is 0. The van der Waals surface area contributed by atoms with Gasteiger partial charge in [0.15, 0.2) is 5.69 Å². The molecule has 1 aromatic heterocycles. The standard InChI is InChI=1S/C27H36N6O3/c1-27(26(36)29-20-10-6-7-11-20)18-33-23(25(35)31(27)2)16-22(30-33)24(34)28-21-12-14-32(15-13-21)17-19-8-4-3-5-9-19/h3-5,8-9,16,20-21H,6-7,10-15,17-18H2,1-2H3,(H,28,34)(H,29,36)/t27-/m0/s1. The van der Waals surface area contributed by atoms with Gasteiger partial charge in [0.05, 0.1) is 6.54 Å². The minimum absolute atomic E-state index is 0.0732. The highest BCUT2D eigenvalue weighted by Crippen LogP contribution is 2.27. The normalized spacial score (nSPS) is 23.5. The fourth-order valence-corrected chi connectivity index (χ4v) is 5.59. The van der Waals surface area contributed by atoms with Crippen LogP contribution >= 0.6 is 0 Å². The molecule has 1 saturated carbocycles. The van der Waals surface area contributed by atoms with Gasteiger partial charge in [-0.3, -0.25) is 24.0 Å². The number of rotatable bonds is 6. The second kappa shape index (κ2) is 10.0. The zero-order valence-electron chi connectivity index (χ0n) is 21.2. The lowest BCUT2D eigenvalue weighted by Crippen LogP contribution is -2.63. The fourth-order valence-electron chi connectivity index (χ4n) is 5.59. The number of hydrogen-bond donors (Lipinski definition) is 2. The molecule has 3 amide bonds. The number of piperidine rings is 1. The monoisotopic (exact) mass is 492 g/mol. The average Bonchev–Trinajstić information content (AvgIpc) is 3.54. The number of carbonyl (C=O) groups is 3. The van der Waals surface area contributed by atoms with Crippen LogP contribution in [0.3, 0.4) is 0 Å². The van der Waals surface area contributed by atoms with Crippen LogP contribution < -0.4 is 10.6 Å². The van der Waals surface area contributed by atoms with Crippen LogP contribution in [0.4, 0.5) is 0 Å². The van der Waals surface area contributed by atoms with Gasteiger partial charge in [-0.05, 0) is 38.2 Å². The van der Waals surface area contributed by atoms with Crippen molar-refractivity contribution in [3.63, 3.8) is 0 Å². The van der Waals surface area contributed by atoms with Gasteiger partial charge in [-0.1, -0.05) is 43.2 Å². The van der Waals surface area contributed by atoms with Crippen LogP contribution in [-0.2, 0) is 17.9 Å². The highest BCUT2D eigenvalue weighted by molar-refractivity contribution is 6.01. The summed E-state index contributed by atoms with van der Waals surface area (Å²) in [5, 5.41) is 10.7. The summed E-state index contributed by atoms with van der Waals surface area (Å²) < 4.78 is 1.52. The molecule has 0 radical (unpaired) electrons. The van der Waals surface area contributed by atoms with E-state index < -0.39 is 5.54 Å². The summed E-state index contributed by atoms with van der Waals surface area (Å²) in [7, 11) is 1.65. The summed E-state index contributed by atoms with van der Waals surface area (Å²) in [5.41, 5.74) is 0.797. The van der Waals surface area contributed by atoms with E-state index >= 15 is 0 Å². The van der Waals surface area contributed by atoms with Gasteiger partial charge in [-0.25, -0.2) is 0 Å². The van der Waals surface area contributed by atoms with Crippen molar-refractivity contribution >= 4 is 17.7 Å². The first kappa shape index (κ1) is 24.5. The molecule has 9 nitrogen and oxygen atoms in total. The number of likely N-dealkylation sites (tertiary alicyclic amines) is 1. The zero-order valence-corrected chi connectivity index (χ0v) is 21.2. The SMILES string of the molecule is CN1C(=O)c2cc(C(=O)NC3CCN(Cc4ccccc4)CC3)nn2C[C@@]1(C)C(=O)NC1CCCC1. The van der Waals surface area contributed by atoms with E-state index in [4.69, 9.17) is 0 Å². The molecule has 3 aliphatic rings. The minimum Gasteiger partial charge on any atom is -0.351 e. The third-order valence-electron chi connectivity index (χ3n) is 8.09. The van der Waals surface area contributed by atoms with Crippen LogP contribution in [0.2, 0.25) is 0 Å². The van der Waals surface area contributed by atoms with Gasteiger partial charge in [0.25, 0.3) is 11.8 Å². The summed E-state index contributed by atoms with van der Waals surface area (Å²) in [4.78, 5) is 43.2. The molecule has 1 aliphatic carbocycles. The van der Waals surface area contributed by atoms with E-state index in [0.717, 1.165) is 58.2 Å². The van der Waals surface area contributed by atoms with Crippen molar-refractivity contribution in [1.82, 2.24) is 30.2 Å². The maximum atomic E-state index is 13.2. The number of carbonyl (C=O) groups excluding carboxylic acids is 3. The smallest absolute Gasteiger partial charge is 0.272 e. The summed E-state index contributed by atoms with van der Waals surface area (Å²) in [6, 6.07) is 12.2. The molecule has 2 fully saturated rings. The third-order valence-corrected chi connectivity index (χ3v) is 8.09. The highest BCUT2D eigenvalue weighted by atomic mass is 16.2. The maximum Gasteiger partial charge on any atom is 0.272 e. The van der Waals surface area contributed by atoms with E-state index in [0.29, 0.717) is 5.69 Å². The van der Waals surface area contributed by atoms with Gasteiger partial charge in [-0.15, -0.1) is 0 Å². The fraction of sp³-hybridized carbons (Fsp3) is 0.556. The van der Waals surface area contributed by atoms with Gasteiger partial charge in [0.2, 0.25) is 5.91 Å². The van der Waals surface area contributed by atoms with Crippen LogP contribution in [0.5, 0.6) is 0 Å². The minimum atomic E-state index is -1.06. The topological polar surface area (TPSA) is 99.6 Å². The molecule has 1 saturated heterocycles. The first-order valence-electron chi connectivity index (χ1n) is 13.1. The lowest BCUT2D eigenvalue weighted by molar-refractivity contribution is -0.133. The molecule has 9 heteroatoms. The predicted octanol–water partition coefficient (Wildman–Crippen LogP) is 2.18. The number of hydrogen-bond acceptors (Lipinski definition) is 5. The van der Waals surface area contributed by atoms with Crippen LogP contribution in [0, 0.1) is 0 Å². The lowest BCUT2D eigenvalue weighted by atomic mass is 9.95. The Labute approximate surface area is 212 Å². The quantitative estimate of drug-likeness (QED) is 0.644. The molecule has 2 N–H and O–H groups in total. The first-order valence-corrected chi connectivity index (χ1v) is 13.1. The molecule has 5 rings (SSSR count). The number of amides is 3. The molecule has 0 spiro atoms. The van der Waals surface area contributed by atoms with Crippen LogP contribution in [0.25, 0.3) is 0 Å². The van der Waals surface area contributed by atoms with E-state index in [9.17, 15) is 14.4 Å². The Bertz CT molecular complexity index is 1120. The molecule has 192 valence electrons. The van der Waals surface area contributed by atoms with Crippen LogP contribution in [0.1, 0.15) is 72.0 Å². The Hall–Kier alpha value is -3.20. The lowest BCUT2D eigenvalue weighted by Gasteiger charge is -2.41. The largest absolute Gasteiger partial charge is 0.351 e. The average molecular weight is 493 g/mol. The molecule has 2 aliphatic heterocycles. The molecular formula is C27H36N6O3. The van der Waals surface area contributed by atoms with Gasteiger partial charge in [-0.2, -0.15) is 5.10 Å². The zero-order chi connectivity index (χ0) is 25.3. The molecule has 2 aromatic rings. The number of nitrogens with zero attached hydrogens (tertiary/aromatic N) is 4. The first-order chi connectivity index (χ1) is 17.3. The van der Waals surface area contributed by atoms with Crippen molar-refractivity contribution in [3.8, 4) is 0 Å². The summed E-state index contributed by atoms with van der Waals surface area (Å²) in [6.45, 7) is 4.73. The Morgan fingerprint density at radius 1 is 1.03 bits per heavy atom. The van der Waals surface area contributed by atoms with E-state index in [1.807, 2.05) is 6.07 Å². The molecule has 1 atom stereocenters. The van der Waals surface area contributed by atoms with Crippen molar-refractivity contribution < 1.29 is 14.4 Å². The number of fused-ring (bicyclic) bond motifs is 1. The number of aromatic nitrogens is 2. The van der Waals surface area contributed by atoms with Crippen molar-refractivity contribution in [1.29, 1.82) is 0 Å². The molecule has 0 bridgehead atoms. The van der Waals surface area contributed by atoms with Gasteiger partial charge >= 0.3 is 0 Å². The van der Waals surface area contributed by atoms with Gasteiger partial charge in [0, 0.05) is 44.8 Å². The Morgan fingerprint density at radius 2 is 1.69 bits per heavy atom. The van der Waals surface area contributed by atoms with Crippen LogP contribution in [0.15, 0.2) is 36.4 Å². The summed E-state index contributed by atoms with van der Waals surface area (Å²) in [5.74, 6) is -0.739. The molecule has 36 heavy (non-hydrogen) atoms. The van der Waals surface area contributed by atoms with Crippen molar-refractivity contribution in [2.75, 3.05) is 20.1 Å². The Kier molecular flexibility index (Phi) is 6.83. The van der Waals surface area contributed by atoms with Crippen molar-refractivity contribution in [2.24, 2.45) is 0 Å². The number of likely N-dealkylation sites (N-methyl/N-ethyl adjacent to an activating group) is 1. The van der Waals surface area contributed by atoms with Gasteiger partial charge < -0.3 is 15.5 Å². The molecule has 3 heterocycles. The highest BCUT2D eigenvalue weighted by Gasteiger charge is 2.47. The molecule has 1 aromatic carbocycles. The van der Waals surface area contributed by atoms with E-state index in [1.165, 1.54) is 15.1 Å². The van der Waals surface area contributed by atoms with E-state index in [-0.39, 0.29) is 42.0 Å². The summed E-state index contributed by atoms with van der Waals surface area (Å²) in [6.07, 6.45) is 5.92. The van der Waals surface area contributed by atoms with E-state index in [2.05, 4.69) is 44.9 Å². The number of benzene rings is 1. The third kappa shape index (κ3) is 4.89. The van der Waals surface area contributed by atoms with Crippen molar-refractivity contribution in [3.05, 3.63) is 53.3 Å². The van der Waals surface area contributed by atoms with E-state index in [1.54, 1.807) is 20.0 Å². The second-order valence-electron chi connectivity index (χ2n) is 10.7. The van der Waals surface area contributed by atoms with Crippen LogP contribution in [-0.4, -0.2) is 75.1 Å². The molecular weight excluding hydrogens is 456 g/mol. The second-order valence-corrected chi connectivity index (χ2v) is 10.7. The maximum absolute atomic E-state index is 13.2.